The molecular weight excluding hydrogens is 208 g/mol. The minimum Gasteiger partial charge on any atom is -0.334 e. The maximum atomic E-state index is 4.79. The summed E-state index contributed by atoms with van der Waals surface area (Å²) in [5.74, 6) is 1.90. The molecule has 3 rings (SSSR count). The Labute approximate surface area is 102 Å². The van der Waals surface area contributed by atoms with E-state index >= 15 is 0 Å². The Morgan fingerprint density at radius 2 is 2.12 bits per heavy atom. The molecule has 0 spiro atoms. The number of hydrogen-bond acceptors (Lipinski definition) is 1. The molecule has 0 saturated carbocycles. The van der Waals surface area contributed by atoms with Crippen molar-refractivity contribution in [3.63, 3.8) is 0 Å². The molecule has 1 aliphatic rings. The number of benzene rings is 1. The molecule has 0 fully saturated rings. The van der Waals surface area contributed by atoms with Crippen LogP contribution in [0.2, 0.25) is 0 Å². The molecule has 88 valence electrons. The zero-order valence-corrected chi connectivity index (χ0v) is 10.3. The highest BCUT2D eigenvalue weighted by molar-refractivity contribution is 5.22. The van der Waals surface area contributed by atoms with E-state index < -0.39 is 0 Å². The van der Waals surface area contributed by atoms with Crippen molar-refractivity contribution in [3.05, 3.63) is 53.6 Å². The average molecular weight is 226 g/mol. The maximum Gasteiger partial charge on any atom is 0.111 e. The van der Waals surface area contributed by atoms with Crippen LogP contribution in [0.4, 0.5) is 0 Å². The van der Waals surface area contributed by atoms with Crippen molar-refractivity contribution < 1.29 is 0 Å². The molecule has 1 aromatic heterocycles. The molecule has 2 heterocycles. The van der Waals surface area contributed by atoms with Crippen molar-refractivity contribution in [2.45, 2.75) is 38.6 Å². The van der Waals surface area contributed by atoms with Crippen LogP contribution in [0.1, 0.15) is 42.8 Å². The van der Waals surface area contributed by atoms with Gasteiger partial charge in [-0.05, 0) is 18.4 Å². The molecule has 1 atom stereocenters. The molecule has 0 saturated heterocycles. The first-order chi connectivity index (χ1) is 8.33. The number of aryl methyl sites for hydroxylation is 1. The van der Waals surface area contributed by atoms with E-state index in [2.05, 4.69) is 48.0 Å². The first-order valence-electron chi connectivity index (χ1n) is 6.43. The first kappa shape index (κ1) is 10.6. The van der Waals surface area contributed by atoms with Crippen LogP contribution < -0.4 is 0 Å². The van der Waals surface area contributed by atoms with Gasteiger partial charge >= 0.3 is 0 Å². The van der Waals surface area contributed by atoms with Gasteiger partial charge in [0, 0.05) is 25.1 Å². The third-order valence-corrected chi connectivity index (χ3v) is 3.56. The Bertz CT molecular complexity index is 499. The highest BCUT2D eigenvalue weighted by atomic mass is 15.1. The second-order valence-corrected chi connectivity index (χ2v) is 4.99. The van der Waals surface area contributed by atoms with E-state index in [4.69, 9.17) is 4.98 Å². The van der Waals surface area contributed by atoms with Crippen LogP contribution in [0.15, 0.2) is 36.5 Å². The lowest BCUT2D eigenvalue weighted by atomic mass is 10.0. The van der Waals surface area contributed by atoms with E-state index in [9.17, 15) is 0 Å². The molecule has 0 aliphatic carbocycles. The van der Waals surface area contributed by atoms with Gasteiger partial charge in [0.15, 0.2) is 0 Å². The van der Waals surface area contributed by atoms with E-state index in [1.807, 2.05) is 0 Å². The SMILES string of the molecule is CC1CCCn2cc(Cc3ccccc3)nc21. The van der Waals surface area contributed by atoms with Gasteiger partial charge in [0.05, 0.1) is 5.69 Å². The van der Waals surface area contributed by atoms with Crippen LogP contribution >= 0.6 is 0 Å². The van der Waals surface area contributed by atoms with Crippen LogP contribution in [0.5, 0.6) is 0 Å². The van der Waals surface area contributed by atoms with Gasteiger partial charge in [0.2, 0.25) is 0 Å². The van der Waals surface area contributed by atoms with Gasteiger partial charge in [0.1, 0.15) is 5.82 Å². The zero-order valence-electron chi connectivity index (χ0n) is 10.3. The number of fused-ring (bicyclic) bond motifs is 1. The molecule has 17 heavy (non-hydrogen) atoms. The Balaban J connectivity index is 1.85. The number of imidazole rings is 1. The lowest BCUT2D eigenvalue weighted by Crippen LogP contribution is -2.12. The molecule has 2 aromatic rings. The van der Waals surface area contributed by atoms with Crippen LogP contribution in [-0.4, -0.2) is 9.55 Å². The summed E-state index contributed by atoms with van der Waals surface area (Å²) in [6, 6.07) is 10.6. The van der Waals surface area contributed by atoms with Crippen molar-refractivity contribution in [2.24, 2.45) is 0 Å². The molecule has 2 nitrogen and oxygen atoms in total. The first-order valence-corrected chi connectivity index (χ1v) is 6.43. The van der Waals surface area contributed by atoms with Gasteiger partial charge in [-0.2, -0.15) is 0 Å². The van der Waals surface area contributed by atoms with E-state index in [0.717, 1.165) is 13.0 Å². The number of hydrogen-bond donors (Lipinski definition) is 0. The van der Waals surface area contributed by atoms with Crippen LogP contribution in [0.25, 0.3) is 0 Å². The Morgan fingerprint density at radius 3 is 2.88 bits per heavy atom. The summed E-state index contributed by atoms with van der Waals surface area (Å²) in [4.78, 5) is 4.79. The summed E-state index contributed by atoms with van der Waals surface area (Å²) in [5.41, 5.74) is 2.55. The van der Waals surface area contributed by atoms with Crippen LogP contribution in [-0.2, 0) is 13.0 Å². The third kappa shape index (κ3) is 2.12. The highest BCUT2D eigenvalue weighted by Gasteiger charge is 2.18. The number of nitrogens with zero attached hydrogens (tertiary/aromatic N) is 2. The van der Waals surface area contributed by atoms with E-state index in [1.165, 1.54) is 29.9 Å². The largest absolute Gasteiger partial charge is 0.334 e. The third-order valence-electron chi connectivity index (χ3n) is 3.56. The average Bonchev–Trinajstić information content (AvgIpc) is 2.74. The van der Waals surface area contributed by atoms with Gasteiger partial charge in [0.25, 0.3) is 0 Å². The van der Waals surface area contributed by atoms with Gasteiger partial charge in [-0.25, -0.2) is 4.98 Å². The second kappa shape index (κ2) is 4.36. The molecule has 1 aromatic carbocycles. The Kier molecular flexibility index (Phi) is 2.71. The lowest BCUT2D eigenvalue weighted by Gasteiger charge is -2.19. The molecule has 0 N–H and O–H groups in total. The predicted octanol–water partition coefficient (Wildman–Crippen LogP) is 3.37. The van der Waals surface area contributed by atoms with Crippen molar-refractivity contribution in [1.82, 2.24) is 9.55 Å². The summed E-state index contributed by atoms with van der Waals surface area (Å²) >= 11 is 0. The van der Waals surface area contributed by atoms with Gasteiger partial charge in [-0.15, -0.1) is 0 Å². The standard InChI is InChI=1S/C15H18N2/c1-12-6-5-9-17-11-14(16-15(12)17)10-13-7-3-2-4-8-13/h2-4,7-8,11-12H,5-6,9-10H2,1H3. The Hall–Kier alpha value is -1.57. The number of rotatable bonds is 2. The van der Waals surface area contributed by atoms with Gasteiger partial charge in [-0.1, -0.05) is 37.3 Å². The molecule has 0 radical (unpaired) electrons. The monoisotopic (exact) mass is 226 g/mol. The second-order valence-electron chi connectivity index (χ2n) is 4.99. The Morgan fingerprint density at radius 1 is 1.29 bits per heavy atom. The van der Waals surface area contributed by atoms with E-state index in [-0.39, 0.29) is 0 Å². The van der Waals surface area contributed by atoms with Gasteiger partial charge < -0.3 is 4.57 Å². The smallest absolute Gasteiger partial charge is 0.111 e. The fraction of sp³-hybridized carbons (Fsp3) is 0.400. The fourth-order valence-corrected chi connectivity index (χ4v) is 2.65. The normalized spacial score (nSPS) is 19.0. The summed E-state index contributed by atoms with van der Waals surface area (Å²) in [7, 11) is 0. The summed E-state index contributed by atoms with van der Waals surface area (Å²) in [5, 5.41) is 0. The van der Waals surface area contributed by atoms with Gasteiger partial charge in [-0.3, -0.25) is 0 Å². The molecule has 1 aliphatic heterocycles. The van der Waals surface area contributed by atoms with Crippen LogP contribution in [0, 0.1) is 0 Å². The molecule has 2 heteroatoms. The number of aromatic nitrogens is 2. The summed E-state index contributed by atoms with van der Waals surface area (Å²) in [6.07, 6.45) is 5.75. The molecule has 1 unspecified atom stereocenters. The fourth-order valence-electron chi connectivity index (χ4n) is 2.65. The quantitative estimate of drug-likeness (QED) is 0.767. The minimum atomic E-state index is 0.619. The highest BCUT2D eigenvalue weighted by Crippen LogP contribution is 2.26. The minimum absolute atomic E-state index is 0.619. The topological polar surface area (TPSA) is 17.8 Å². The summed E-state index contributed by atoms with van der Waals surface area (Å²) in [6.45, 7) is 3.42. The van der Waals surface area contributed by atoms with E-state index in [0.29, 0.717) is 5.92 Å². The van der Waals surface area contributed by atoms with Crippen LogP contribution in [0.3, 0.4) is 0 Å². The molecule has 0 amide bonds. The molecular formula is C15H18N2. The molecule has 0 bridgehead atoms. The van der Waals surface area contributed by atoms with Crippen molar-refractivity contribution in [1.29, 1.82) is 0 Å². The van der Waals surface area contributed by atoms with Crippen molar-refractivity contribution >= 4 is 0 Å². The maximum absolute atomic E-state index is 4.79. The van der Waals surface area contributed by atoms with E-state index in [1.54, 1.807) is 0 Å². The predicted molar refractivity (Wildman–Crippen MR) is 69.1 cm³/mol. The van der Waals surface area contributed by atoms with Crippen molar-refractivity contribution in [3.8, 4) is 0 Å². The van der Waals surface area contributed by atoms with Crippen molar-refractivity contribution in [2.75, 3.05) is 0 Å². The summed E-state index contributed by atoms with van der Waals surface area (Å²) < 4.78 is 2.34. The zero-order chi connectivity index (χ0) is 11.7. The lowest BCUT2D eigenvalue weighted by molar-refractivity contribution is 0.463.